The minimum atomic E-state index is -0.0124. The van der Waals surface area contributed by atoms with E-state index in [1.807, 2.05) is 13.1 Å². The summed E-state index contributed by atoms with van der Waals surface area (Å²) in [6.45, 7) is 14.2. The second-order valence-electron chi connectivity index (χ2n) is 9.77. The van der Waals surface area contributed by atoms with Crippen LogP contribution < -0.4 is 15.0 Å². The summed E-state index contributed by atoms with van der Waals surface area (Å²) in [5.74, 6) is 2.25. The van der Waals surface area contributed by atoms with E-state index in [-0.39, 0.29) is 17.0 Å². The van der Waals surface area contributed by atoms with Gasteiger partial charge in [-0.25, -0.2) is 14.6 Å². The molecule has 2 aromatic rings. The highest BCUT2D eigenvalue weighted by Crippen LogP contribution is 2.37. The highest BCUT2D eigenvalue weighted by Gasteiger charge is 2.29. The standard InChI is InChI=1S/C23H34N8OS/c1-14(2)31-19(9-18(28-31)23(4,5)6)27-22-29(7)17(12-33-22)16-10-24-20(21(26-16)32-8)30-11-15(3)25-13-30/h9-10,12,14,22,27H,11,13H2,1-8H3. The maximum Gasteiger partial charge on any atom is 0.258 e. The zero-order valence-electron chi connectivity index (χ0n) is 20.7. The summed E-state index contributed by atoms with van der Waals surface area (Å²) in [5.41, 5.74) is 3.94. The molecule has 33 heavy (non-hydrogen) atoms. The predicted molar refractivity (Wildman–Crippen MR) is 136 cm³/mol. The molecule has 2 aromatic heterocycles. The second-order valence-corrected chi connectivity index (χ2v) is 10.7. The Morgan fingerprint density at radius 3 is 2.64 bits per heavy atom. The lowest BCUT2D eigenvalue weighted by atomic mass is 9.92. The van der Waals surface area contributed by atoms with Crippen LogP contribution in [0.4, 0.5) is 11.6 Å². The summed E-state index contributed by atoms with van der Waals surface area (Å²) < 4.78 is 7.64. The van der Waals surface area contributed by atoms with Gasteiger partial charge in [-0.05, 0) is 20.8 Å². The third kappa shape index (κ3) is 4.66. The fourth-order valence-electron chi connectivity index (χ4n) is 3.76. The van der Waals surface area contributed by atoms with E-state index in [1.165, 1.54) is 0 Å². The topological polar surface area (TPSA) is 83.7 Å². The molecule has 2 aliphatic rings. The van der Waals surface area contributed by atoms with Gasteiger partial charge >= 0.3 is 0 Å². The Labute approximate surface area is 200 Å². The van der Waals surface area contributed by atoms with E-state index in [0.29, 0.717) is 12.5 Å². The van der Waals surface area contributed by atoms with E-state index in [2.05, 4.69) is 82.9 Å². The van der Waals surface area contributed by atoms with Crippen molar-refractivity contribution in [2.45, 2.75) is 58.5 Å². The number of methoxy groups -OCH3 is 1. The molecule has 178 valence electrons. The molecule has 1 N–H and O–H groups in total. The Kier molecular flexibility index (Phi) is 6.30. The van der Waals surface area contributed by atoms with Gasteiger partial charge in [0.25, 0.3) is 5.88 Å². The molecule has 0 amide bonds. The first-order chi connectivity index (χ1) is 15.6. The van der Waals surface area contributed by atoms with Crippen LogP contribution in [0, 0.1) is 0 Å². The zero-order chi connectivity index (χ0) is 23.9. The van der Waals surface area contributed by atoms with Crippen molar-refractivity contribution in [3.8, 4) is 5.88 Å². The Bertz CT molecular complexity index is 1080. The van der Waals surface area contributed by atoms with Crippen molar-refractivity contribution in [1.82, 2.24) is 24.6 Å². The van der Waals surface area contributed by atoms with Gasteiger partial charge in [0, 0.05) is 35.7 Å². The number of nitrogens with zero attached hydrogens (tertiary/aromatic N) is 7. The van der Waals surface area contributed by atoms with Crippen LogP contribution in [0.15, 0.2) is 22.7 Å². The number of aromatic nitrogens is 4. The van der Waals surface area contributed by atoms with Crippen LogP contribution in [0.3, 0.4) is 0 Å². The van der Waals surface area contributed by atoms with Crippen LogP contribution in [-0.4, -0.2) is 63.2 Å². The zero-order valence-corrected chi connectivity index (χ0v) is 21.6. The first-order valence-electron chi connectivity index (χ1n) is 11.2. The summed E-state index contributed by atoms with van der Waals surface area (Å²) in [6.07, 6.45) is 1.81. The molecule has 1 atom stereocenters. The van der Waals surface area contributed by atoms with Crippen molar-refractivity contribution in [2.75, 3.05) is 37.6 Å². The number of rotatable bonds is 6. The van der Waals surface area contributed by atoms with E-state index >= 15 is 0 Å². The van der Waals surface area contributed by atoms with Gasteiger partial charge in [0.2, 0.25) is 0 Å². The minimum absolute atomic E-state index is 0.0124. The third-order valence-corrected chi connectivity index (χ3v) is 6.76. The first-order valence-corrected chi connectivity index (χ1v) is 12.1. The van der Waals surface area contributed by atoms with Gasteiger partial charge in [0.15, 0.2) is 11.3 Å². The minimum Gasteiger partial charge on any atom is -0.478 e. The number of anilines is 2. The van der Waals surface area contributed by atoms with E-state index in [4.69, 9.17) is 14.8 Å². The molecule has 0 spiro atoms. The van der Waals surface area contributed by atoms with Gasteiger partial charge < -0.3 is 19.9 Å². The van der Waals surface area contributed by atoms with Gasteiger partial charge in [-0.2, -0.15) is 5.10 Å². The van der Waals surface area contributed by atoms with Crippen molar-refractivity contribution in [2.24, 2.45) is 4.99 Å². The lowest BCUT2D eigenvalue weighted by Crippen LogP contribution is -2.32. The summed E-state index contributed by atoms with van der Waals surface area (Å²) in [6, 6.07) is 2.41. The average molecular weight is 471 g/mol. The lowest BCUT2D eigenvalue weighted by molar-refractivity contribution is 0.394. The highest BCUT2D eigenvalue weighted by molar-refractivity contribution is 8.03. The average Bonchev–Trinajstić information content (AvgIpc) is 3.47. The fraction of sp³-hybridized carbons (Fsp3) is 0.565. The van der Waals surface area contributed by atoms with Gasteiger partial charge in [0.05, 0.1) is 31.2 Å². The molecular formula is C23H34N8OS. The van der Waals surface area contributed by atoms with Gasteiger partial charge in [-0.1, -0.05) is 32.5 Å². The molecule has 4 rings (SSSR count). The molecule has 0 aromatic carbocycles. The molecule has 1 unspecified atom stereocenters. The maximum atomic E-state index is 5.58. The van der Waals surface area contributed by atoms with E-state index in [1.54, 1.807) is 18.9 Å². The molecule has 0 saturated carbocycles. The number of thioether (sulfide) groups is 1. The van der Waals surface area contributed by atoms with Crippen LogP contribution in [0.2, 0.25) is 0 Å². The third-order valence-electron chi connectivity index (χ3n) is 5.71. The van der Waals surface area contributed by atoms with Gasteiger partial charge in [-0.15, -0.1) is 0 Å². The Morgan fingerprint density at radius 1 is 1.27 bits per heavy atom. The molecule has 10 heteroatoms. The van der Waals surface area contributed by atoms with Gasteiger partial charge in [-0.3, -0.25) is 4.99 Å². The molecule has 9 nitrogen and oxygen atoms in total. The molecular weight excluding hydrogens is 436 g/mol. The van der Waals surface area contributed by atoms with Crippen molar-refractivity contribution in [3.63, 3.8) is 0 Å². The molecule has 4 heterocycles. The Balaban J connectivity index is 1.53. The molecule has 0 saturated heterocycles. The smallest absolute Gasteiger partial charge is 0.258 e. The molecule has 0 bridgehead atoms. The fourth-order valence-corrected chi connectivity index (χ4v) is 4.79. The second kappa shape index (κ2) is 8.89. The number of nitrogens with one attached hydrogen (secondary N) is 1. The normalized spacial score (nSPS) is 18.8. The Morgan fingerprint density at radius 2 is 2.03 bits per heavy atom. The van der Waals surface area contributed by atoms with Crippen LogP contribution >= 0.6 is 11.8 Å². The molecule has 2 aliphatic heterocycles. The number of hydrogen-bond acceptors (Lipinski definition) is 9. The van der Waals surface area contributed by atoms with Crippen molar-refractivity contribution < 1.29 is 4.74 Å². The molecule has 0 fully saturated rings. The maximum absolute atomic E-state index is 5.58. The quantitative estimate of drug-likeness (QED) is 0.673. The lowest BCUT2D eigenvalue weighted by Gasteiger charge is -2.26. The highest BCUT2D eigenvalue weighted by atomic mass is 32.2. The summed E-state index contributed by atoms with van der Waals surface area (Å²) in [5, 5.41) is 10.6. The largest absolute Gasteiger partial charge is 0.478 e. The Hall–Kier alpha value is -2.75. The summed E-state index contributed by atoms with van der Waals surface area (Å²) in [7, 11) is 3.69. The molecule has 0 aliphatic carbocycles. The van der Waals surface area contributed by atoms with Crippen molar-refractivity contribution in [1.29, 1.82) is 0 Å². The number of aliphatic imine (C=N–C) groups is 1. The van der Waals surface area contributed by atoms with Crippen molar-refractivity contribution in [3.05, 3.63) is 29.1 Å². The predicted octanol–water partition coefficient (Wildman–Crippen LogP) is 4.17. The number of hydrogen-bond donors (Lipinski definition) is 1. The molecule has 0 radical (unpaired) electrons. The van der Waals surface area contributed by atoms with Crippen LogP contribution in [-0.2, 0) is 5.41 Å². The van der Waals surface area contributed by atoms with E-state index in [9.17, 15) is 0 Å². The van der Waals surface area contributed by atoms with Gasteiger partial charge in [0.1, 0.15) is 18.2 Å². The van der Waals surface area contributed by atoms with E-state index < -0.39 is 0 Å². The summed E-state index contributed by atoms with van der Waals surface area (Å²) >= 11 is 1.70. The monoisotopic (exact) mass is 470 g/mol. The summed E-state index contributed by atoms with van der Waals surface area (Å²) in [4.78, 5) is 18.1. The van der Waals surface area contributed by atoms with Crippen LogP contribution in [0.1, 0.15) is 59.0 Å². The van der Waals surface area contributed by atoms with Crippen LogP contribution in [0.25, 0.3) is 5.70 Å². The van der Waals surface area contributed by atoms with E-state index in [0.717, 1.165) is 41.0 Å². The first kappa shape index (κ1) is 23.4. The van der Waals surface area contributed by atoms with Crippen LogP contribution in [0.5, 0.6) is 5.88 Å². The SMILES string of the molecule is COc1nc(C2=CSC(Nc3cc(C(C)(C)C)nn3C(C)C)N2C)cnc1N1CN=C(C)C1. The van der Waals surface area contributed by atoms with Crippen molar-refractivity contribution >= 4 is 34.8 Å². The number of ether oxygens (including phenoxy) is 1.